The first kappa shape index (κ1) is 25.2. The fourth-order valence-electron chi connectivity index (χ4n) is 3.02. The minimum atomic E-state index is -3.36. The van der Waals surface area contributed by atoms with Gasteiger partial charge in [0.05, 0.1) is 6.04 Å². The third-order valence-corrected chi connectivity index (χ3v) is 4.61. The van der Waals surface area contributed by atoms with Gasteiger partial charge in [-0.3, -0.25) is 14.4 Å². The molecule has 0 heterocycles. The maximum absolute atomic E-state index is 12.9. The van der Waals surface area contributed by atoms with Crippen molar-refractivity contribution >= 4 is 23.7 Å². The van der Waals surface area contributed by atoms with Gasteiger partial charge in [-0.25, -0.2) is 9.69 Å². The highest BCUT2D eigenvalue weighted by molar-refractivity contribution is 6.04. The van der Waals surface area contributed by atoms with E-state index in [0.717, 1.165) is 5.56 Å². The van der Waals surface area contributed by atoms with Gasteiger partial charge in [-0.15, -0.1) is 0 Å². The summed E-state index contributed by atoms with van der Waals surface area (Å²) in [6.07, 6.45) is 0.567. The Morgan fingerprint density at radius 1 is 1.10 bits per heavy atom. The van der Waals surface area contributed by atoms with Crippen LogP contribution in [-0.4, -0.2) is 56.6 Å². The largest absolute Gasteiger partial charge is 0.478 e. The summed E-state index contributed by atoms with van der Waals surface area (Å²) in [5.74, 6) is -5.67. The van der Waals surface area contributed by atoms with Crippen molar-refractivity contribution in [2.75, 3.05) is 0 Å². The Balaban J connectivity index is 3.20. The summed E-state index contributed by atoms with van der Waals surface area (Å²) < 4.78 is 0. The normalized spacial score (nSPS) is 15.1. The molecule has 0 spiro atoms. The van der Waals surface area contributed by atoms with Crippen LogP contribution in [0.3, 0.4) is 0 Å². The standard InChI is InChI=1S/C20H30N4O6/c1-12(2)11-14(21)18(27)24(20(30,19(28)29)16(22)17(23)26)15(25)10-6-9-13-7-4-3-5-8-13/h3-5,7-8,12,14,16,30H,6,9-11,21-22H2,1-2H3,(H2,23,26)(H,28,29)/t14?,16-,20+/m0/s1. The number of carboxylic acids is 1. The molecule has 30 heavy (non-hydrogen) atoms. The molecule has 3 atom stereocenters. The number of carboxylic acid groups (broad SMARTS) is 1. The van der Waals surface area contributed by atoms with E-state index in [4.69, 9.17) is 17.2 Å². The monoisotopic (exact) mass is 422 g/mol. The van der Waals surface area contributed by atoms with E-state index in [1.54, 1.807) is 13.8 Å². The molecule has 0 aliphatic carbocycles. The van der Waals surface area contributed by atoms with Crippen molar-refractivity contribution in [2.24, 2.45) is 23.1 Å². The van der Waals surface area contributed by atoms with Crippen LogP contribution >= 0.6 is 0 Å². The molecule has 3 amide bonds. The predicted molar refractivity (Wildman–Crippen MR) is 108 cm³/mol. The first-order valence-corrected chi connectivity index (χ1v) is 9.59. The number of aliphatic carboxylic acids is 1. The van der Waals surface area contributed by atoms with E-state index in [9.17, 15) is 29.4 Å². The highest BCUT2D eigenvalue weighted by atomic mass is 16.4. The van der Waals surface area contributed by atoms with Crippen LogP contribution in [0.1, 0.15) is 38.7 Å². The molecule has 0 aliphatic rings. The molecule has 166 valence electrons. The van der Waals surface area contributed by atoms with Gasteiger partial charge in [-0.1, -0.05) is 44.2 Å². The summed E-state index contributed by atoms with van der Waals surface area (Å²) in [7, 11) is 0. The number of primary amides is 1. The first-order chi connectivity index (χ1) is 13.9. The van der Waals surface area contributed by atoms with Gasteiger partial charge in [-0.2, -0.15) is 0 Å². The first-order valence-electron chi connectivity index (χ1n) is 9.59. The van der Waals surface area contributed by atoms with Crippen molar-refractivity contribution in [1.29, 1.82) is 0 Å². The second-order valence-electron chi connectivity index (χ2n) is 7.55. The molecule has 0 aliphatic heterocycles. The van der Waals surface area contributed by atoms with Crippen LogP contribution in [0.25, 0.3) is 0 Å². The summed E-state index contributed by atoms with van der Waals surface area (Å²) in [6.45, 7) is 3.55. The van der Waals surface area contributed by atoms with E-state index in [2.05, 4.69) is 0 Å². The number of hydrogen-bond acceptors (Lipinski definition) is 7. The van der Waals surface area contributed by atoms with Crippen LogP contribution < -0.4 is 17.2 Å². The van der Waals surface area contributed by atoms with E-state index in [-0.39, 0.29) is 30.1 Å². The van der Waals surface area contributed by atoms with E-state index < -0.39 is 41.5 Å². The molecule has 0 bridgehead atoms. The third kappa shape index (κ3) is 6.09. The van der Waals surface area contributed by atoms with Crippen LogP contribution in [0.4, 0.5) is 0 Å². The van der Waals surface area contributed by atoms with Crippen LogP contribution in [0.5, 0.6) is 0 Å². The Hall–Kier alpha value is -2.82. The fourth-order valence-corrected chi connectivity index (χ4v) is 3.02. The van der Waals surface area contributed by atoms with Gasteiger partial charge in [-0.05, 0) is 30.7 Å². The average molecular weight is 422 g/mol. The molecule has 1 unspecified atom stereocenters. The second kappa shape index (κ2) is 10.8. The SMILES string of the molecule is CC(C)CC(N)C(=O)N(C(=O)CCCc1ccccc1)[C@](O)(C(=O)O)[C@@H](N)C(N)=O. The van der Waals surface area contributed by atoms with Crippen molar-refractivity contribution in [1.82, 2.24) is 4.90 Å². The summed E-state index contributed by atoms with van der Waals surface area (Å²) in [5, 5.41) is 20.3. The molecule has 1 rings (SSSR count). The fraction of sp³-hybridized carbons (Fsp3) is 0.500. The zero-order valence-corrected chi connectivity index (χ0v) is 17.2. The minimum absolute atomic E-state index is 0.0540. The Morgan fingerprint density at radius 3 is 2.13 bits per heavy atom. The van der Waals surface area contributed by atoms with Gasteiger partial charge >= 0.3 is 5.97 Å². The van der Waals surface area contributed by atoms with Crippen LogP contribution in [0.2, 0.25) is 0 Å². The summed E-state index contributed by atoms with van der Waals surface area (Å²) in [4.78, 5) is 49.2. The highest BCUT2D eigenvalue weighted by Gasteiger charge is 2.56. The van der Waals surface area contributed by atoms with Crippen molar-refractivity contribution < 1.29 is 29.4 Å². The summed E-state index contributed by atoms with van der Waals surface area (Å²) in [6, 6.07) is 5.66. The Morgan fingerprint density at radius 2 is 1.67 bits per heavy atom. The Labute approximate surface area is 175 Å². The molecule has 0 aromatic heterocycles. The van der Waals surface area contributed by atoms with E-state index in [1.807, 2.05) is 30.3 Å². The number of aryl methyl sites for hydroxylation is 1. The van der Waals surface area contributed by atoms with Crippen molar-refractivity contribution in [3.05, 3.63) is 35.9 Å². The lowest BCUT2D eigenvalue weighted by atomic mass is 9.97. The lowest BCUT2D eigenvalue weighted by Crippen LogP contribution is -2.72. The van der Waals surface area contributed by atoms with Crippen LogP contribution in [0, 0.1) is 5.92 Å². The average Bonchev–Trinajstić information content (AvgIpc) is 2.67. The maximum atomic E-state index is 12.9. The molecule has 0 radical (unpaired) electrons. The minimum Gasteiger partial charge on any atom is -0.478 e. The lowest BCUT2D eigenvalue weighted by molar-refractivity contribution is -0.198. The van der Waals surface area contributed by atoms with Gasteiger partial charge in [0.15, 0.2) is 0 Å². The molecular weight excluding hydrogens is 392 g/mol. The number of imide groups is 1. The molecule has 0 saturated heterocycles. The van der Waals surface area contributed by atoms with Crippen molar-refractivity contribution in [3.63, 3.8) is 0 Å². The van der Waals surface area contributed by atoms with E-state index in [1.165, 1.54) is 0 Å². The smallest absolute Gasteiger partial charge is 0.360 e. The molecule has 1 aromatic carbocycles. The zero-order chi connectivity index (χ0) is 23.1. The number of nitrogens with two attached hydrogens (primary N) is 3. The Bertz CT molecular complexity index is 770. The third-order valence-electron chi connectivity index (χ3n) is 4.61. The quantitative estimate of drug-likeness (QED) is 0.290. The van der Waals surface area contributed by atoms with E-state index in [0.29, 0.717) is 6.42 Å². The topological polar surface area (TPSA) is 190 Å². The van der Waals surface area contributed by atoms with Crippen molar-refractivity contribution in [2.45, 2.75) is 57.3 Å². The number of carbonyl (C=O) groups excluding carboxylic acids is 3. The van der Waals surface area contributed by atoms with Crippen LogP contribution in [0.15, 0.2) is 30.3 Å². The van der Waals surface area contributed by atoms with Crippen LogP contribution in [-0.2, 0) is 25.6 Å². The summed E-state index contributed by atoms with van der Waals surface area (Å²) in [5.41, 5.74) is 14.0. The second-order valence-corrected chi connectivity index (χ2v) is 7.55. The molecule has 0 fully saturated rings. The number of nitrogens with zero attached hydrogens (tertiary/aromatic N) is 1. The van der Waals surface area contributed by atoms with Gasteiger partial charge < -0.3 is 27.4 Å². The van der Waals surface area contributed by atoms with Gasteiger partial charge in [0.25, 0.3) is 5.72 Å². The highest BCUT2D eigenvalue weighted by Crippen LogP contribution is 2.22. The molecule has 10 heteroatoms. The van der Waals surface area contributed by atoms with Gasteiger partial charge in [0.2, 0.25) is 17.7 Å². The van der Waals surface area contributed by atoms with Gasteiger partial charge in [0.1, 0.15) is 6.04 Å². The zero-order valence-electron chi connectivity index (χ0n) is 17.2. The summed E-state index contributed by atoms with van der Waals surface area (Å²) >= 11 is 0. The molecule has 1 aromatic rings. The van der Waals surface area contributed by atoms with Gasteiger partial charge in [0, 0.05) is 6.42 Å². The number of benzene rings is 1. The lowest BCUT2D eigenvalue weighted by Gasteiger charge is -2.38. The van der Waals surface area contributed by atoms with Crippen molar-refractivity contribution in [3.8, 4) is 0 Å². The van der Waals surface area contributed by atoms with E-state index >= 15 is 0 Å². The number of carbonyl (C=O) groups is 4. The maximum Gasteiger partial charge on any atom is 0.360 e. The molecule has 0 saturated carbocycles. The Kier molecular flexibility index (Phi) is 9.09. The number of hydrogen-bond donors (Lipinski definition) is 5. The molecule has 8 N–H and O–H groups in total. The predicted octanol–water partition coefficient (Wildman–Crippen LogP) is -0.676. The molecular formula is C20H30N4O6. The number of aliphatic hydroxyl groups is 1. The number of rotatable bonds is 11. The molecule has 10 nitrogen and oxygen atoms in total. The number of amides is 3.